The summed E-state index contributed by atoms with van der Waals surface area (Å²) in [5.74, 6) is 1.14. The van der Waals surface area contributed by atoms with Crippen LogP contribution >= 0.6 is 0 Å². The number of ether oxygens (including phenoxy) is 1. The van der Waals surface area contributed by atoms with Gasteiger partial charge in [-0.1, -0.05) is 6.07 Å². The maximum Gasteiger partial charge on any atom is 0.320 e. The van der Waals surface area contributed by atoms with Crippen molar-refractivity contribution in [1.29, 1.82) is 0 Å². The van der Waals surface area contributed by atoms with Crippen LogP contribution in [-0.4, -0.2) is 34.0 Å². The van der Waals surface area contributed by atoms with Gasteiger partial charge in [0.05, 0.1) is 25.0 Å². The highest BCUT2D eigenvalue weighted by molar-refractivity contribution is 5.88. The zero-order chi connectivity index (χ0) is 16.1. The number of hydrogen-bond donors (Lipinski definition) is 2. The van der Waals surface area contributed by atoms with E-state index in [0.29, 0.717) is 18.3 Å². The van der Waals surface area contributed by atoms with E-state index in [-0.39, 0.29) is 6.03 Å². The summed E-state index contributed by atoms with van der Waals surface area (Å²) in [4.78, 5) is 16.3. The molecule has 1 fully saturated rings. The fourth-order valence-electron chi connectivity index (χ4n) is 2.58. The lowest BCUT2D eigenvalue weighted by Gasteiger charge is -2.13. The number of anilines is 1. The number of aromatic nitrogens is 3. The van der Waals surface area contributed by atoms with Crippen LogP contribution in [0.4, 0.5) is 10.6 Å². The van der Waals surface area contributed by atoms with Gasteiger partial charge in [-0.25, -0.2) is 9.48 Å². The molecular weight excluding hydrogens is 294 g/mol. The Labute approximate surface area is 135 Å². The van der Waals surface area contributed by atoms with Crippen molar-refractivity contribution < 1.29 is 9.53 Å². The molecule has 0 spiro atoms. The fourth-order valence-corrected chi connectivity index (χ4v) is 2.58. The van der Waals surface area contributed by atoms with Crippen LogP contribution in [0.25, 0.3) is 0 Å². The normalized spacial score (nSPS) is 17.2. The first kappa shape index (κ1) is 15.5. The van der Waals surface area contributed by atoms with Crippen molar-refractivity contribution in [3.8, 4) is 0 Å². The summed E-state index contributed by atoms with van der Waals surface area (Å²) in [5.41, 5.74) is 1.92. The largest absolute Gasteiger partial charge is 0.381 e. The van der Waals surface area contributed by atoms with Crippen LogP contribution < -0.4 is 10.6 Å². The lowest BCUT2D eigenvalue weighted by molar-refractivity contribution is 0.181. The summed E-state index contributed by atoms with van der Waals surface area (Å²) in [6, 6.07) is 5.38. The first-order valence-corrected chi connectivity index (χ1v) is 7.77. The van der Waals surface area contributed by atoms with Crippen LogP contribution in [0.15, 0.2) is 30.6 Å². The molecule has 1 saturated heterocycles. The van der Waals surface area contributed by atoms with Crippen molar-refractivity contribution in [2.45, 2.75) is 26.4 Å². The van der Waals surface area contributed by atoms with Crippen LogP contribution in [0.5, 0.6) is 0 Å². The minimum Gasteiger partial charge on any atom is -0.381 e. The first-order valence-electron chi connectivity index (χ1n) is 7.77. The van der Waals surface area contributed by atoms with Crippen LogP contribution in [0.1, 0.15) is 17.7 Å². The quantitative estimate of drug-likeness (QED) is 0.883. The van der Waals surface area contributed by atoms with E-state index in [1.54, 1.807) is 18.5 Å². The number of hydrogen-bond acceptors (Lipinski definition) is 4. The van der Waals surface area contributed by atoms with E-state index < -0.39 is 0 Å². The zero-order valence-corrected chi connectivity index (χ0v) is 13.2. The number of nitrogens with one attached hydrogen (secondary N) is 2. The maximum atomic E-state index is 12.1. The third-order valence-corrected chi connectivity index (χ3v) is 3.95. The lowest BCUT2D eigenvalue weighted by Crippen LogP contribution is -2.30. The Kier molecular flexibility index (Phi) is 4.87. The Bertz CT molecular complexity index is 664. The molecule has 7 heteroatoms. The van der Waals surface area contributed by atoms with Crippen LogP contribution in [0, 0.1) is 12.8 Å². The molecule has 1 unspecified atom stereocenters. The van der Waals surface area contributed by atoms with Gasteiger partial charge >= 0.3 is 6.03 Å². The van der Waals surface area contributed by atoms with Crippen molar-refractivity contribution in [2.75, 3.05) is 18.5 Å². The minimum absolute atomic E-state index is 0.264. The van der Waals surface area contributed by atoms with Crippen LogP contribution in [0.3, 0.4) is 0 Å². The second-order valence-corrected chi connectivity index (χ2v) is 5.70. The summed E-state index contributed by atoms with van der Waals surface area (Å²) in [5, 5.41) is 9.93. The SMILES string of the molecule is Cc1cccnc1CNC(=O)Nc1ccnn1CC1CCOC1. The molecule has 0 saturated carbocycles. The molecule has 23 heavy (non-hydrogen) atoms. The average molecular weight is 315 g/mol. The van der Waals surface area contributed by atoms with Gasteiger partial charge in [0.25, 0.3) is 0 Å². The topological polar surface area (TPSA) is 81.1 Å². The van der Waals surface area contributed by atoms with Crippen molar-refractivity contribution >= 4 is 11.8 Å². The van der Waals surface area contributed by atoms with Gasteiger partial charge in [0.2, 0.25) is 0 Å². The predicted molar refractivity (Wildman–Crippen MR) is 86.0 cm³/mol. The molecule has 0 bridgehead atoms. The number of amides is 2. The number of pyridine rings is 1. The van der Waals surface area contributed by atoms with Gasteiger partial charge in [-0.15, -0.1) is 0 Å². The van der Waals surface area contributed by atoms with Gasteiger partial charge in [-0.2, -0.15) is 5.10 Å². The Morgan fingerprint density at radius 2 is 2.35 bits per heavy atom. The number of aryl methyl sites for hydroxylation is 1. The number of carbonyl (C=O) groups excluding carboxylic acids is 1. The Hall–Kier alpha value is -2.41. The van der Waals surface area contributed by atoms with Gasteiger partial charge in [0.15, 0.2) is 0 Å². The smallest absolute Gasteiger partial charge is 0.320 e. The van der Waals surface area contributed by atoms with Crippen molar-refractivity contribution in [3.05, 3.63) is 41.9 Å². The fraction of sp³-hybridized carbons (Fsp3) is 0.438. The maximum absolute atomic E-state index is 12.1. The Balaban J connectivity index is 1.54. The predicted octanol–water partition coefficient (Wildman–Crippen LogP) is 1.94. The zero-order valence-electron chi connectivity index (χ0n) is 13.2. The molecule has 122 valence electrons. The van der Waals surface area contributed by atoms with Crippen LogP contribution in [-0.2, 0) is 17.8 Å². The summed E-state index contributed by atoms with van der Waals surface area (Å²) >= 11 is 0. The molecule has 0 aromatic carbocycles. The van der Waals surface area contributed by atoms with Gasteiger partial charge in [-0.3, -0.25) is 10.3 Å². The molecule has 3 heterocycles. The number of nitrogens with zero attached hydrogens (tertiary/aromatic N) is 3. The molecule has 1 aliphatic heterocycles. The third kappa shape index (κ3) is 4.07. The standard InChI is InChI=1S/C16H21N5O2/c1-12-3-2-6-17-14(12)9-18-16(22)20-15-4-7-19-21(15)10-13-5-8-23-11-13/h2-4,6-7,13H,5,8-11H2,1H3,(H2,18,20,22). The van der Waals surface area contributed by atoms with E-state index in [1.807, 2.05) is 23.7 Å². The van der Waals surface area contributed by atoms with Crippen molar-refractivity contribution in [3.63, 3.8) is 0 Å². The van der Waals surface area contributed by atoms with E-state index in [9.17, 15) is 4.79 Å². The molecular formula is C16H21N5O2. The summed E-state index contributed by atoms with van der Waals surface area (Å²) in [6.45, 7) is 4.68. The van der Waals surface area contributed by atoms with Gasteiger partial charge in [-0.05, 0) is 25.0 Å². The molecule has 0 aliphatic carbocycles. The second-order valence-electron chi connectivity index (χ2n) is 5.70. The summed E-state index contributed by atoms with van der Waals surface area (Å²) in [7, 11) is 0. The highest BCUT2D eigenvalue weighted by Crippen LogP contribution is 2.17. The van der Waals surface area contributed by atoms with E-state index in [4.69, 9.17) is 4.74 Å². The number of carbonyl (C=O) groups is 1. The van der Waals surface area contributed by atoms with Gasteiger partial charge < -0.3 is 10.1 Å². The molecule has 1 atom stereocenters. The highest BCUT2D eigenvalue weighted by Gasteiger charge is 2.18. The Morgan fingerprint density at radius 3 is 3.13 bits per heavy atom. The first-order chi connectivity index (χ1) is 11.2. The summed E-state index contributed by atoms with van der Waals surface area (Å²) in [6.07, 6.45) is 4.44. The molecule has 3 rings (SSSR count). The molecule has 0 radical (unpaired) electrons. The molecule has 2 aromatic heterocycles. The number of rotatable bonds is 5. The number of urea groups is 1. The lowest BCUT2D eigenvalue weighted by atomic mass is 10.1. The summed E-state index contributed by atoms with van der Waals surface area (Å²) < 4.78 is 7.19. The average Bonchev–Trinajstić information content (AvgIpc) is 3.20. The monoisotopic (exact) mass is 315 g/mol. The third-order valence-electron chi connectivity index (χ3n) is 3.95. The Morgan fingerprint density at radius 1 is 1.43 bits per heavy atom. The van der Waals surface area contributed by atoms with Gasteiger partial charge in [0, 0.05) is 31.3 Å². The van der Waals surface area contributed by atoms with E-state index in [1.165, 1.54) is 0 Å². The van der Waals surface area contributed by atoms with E-state index in [0.717, 1.165) is 37.4 Å². The molecule has 2 amide bonds. The highest BCUT2D eigenvalue weighted by atomic mass is 16.5. The molecule has 2 N–H and O–H groups in total. The molecule has 2 aromatic rings. The van der Waals surface area contributed by atoms with E-state index >= 15 is 0 Å². The van der Waals surface area contributed by atoms with Crippen molar-refractivity contribution in [2.24, 2.45) is 5.92 Å². The van der Waals surface area contributed by atoms with Crippen molar-refractivity contribution in [1.82, 2.24) is 20.1 Å². The van der Waals surface area contributed by atoms with Crippen LogP contribution in [0.2, 0.25) is 0 Å². The van der Waals surface area contributed by atoms with Gasteiger partial charge in [0.1, 0.15) is 5.82 Å². The minimum atomic E-state index is -0.264. The molecule has 1 aliphatic rings. The molecule has 7 nitrogen and oxygen atoms in total. The van der Waals surface area contributed by atoms with E-state index in [2.05, 4.69) is 20.7 Å². The second kappa shape index (κ2) is 7.23.